The van der Waals surface area contributed by atoms with Gasteiger partial charge in [-0.3, -0.25) is 9.69 Å². The van der Waals surface area contributed by atoms with Crippen LogP contribution >= 0.6 is 0 Å². The number of piperazine rings is 1. The number of amides is 3. The number of urea groups is 1. The first-order valence-electron chi connectivity index (χ1n) is 9.18. The third kappa shape index (κ3) is 6.00. The zero-order valence-electron chi connectivity index (χ0n) is 16.3. The normalized spacial score (nSPS) is 16.8. The first-order chi connectivity index (χ1) is 12.4. The lowest BCUT2D eigenvalue weighted by molar-refractivity contribution is -0.116. The van der Waals surface area contributed by atoms with Gasteiger partial charge in [0.1, 0.15) is 0 Å². The van der Waals surface area contributed by atoms with E-state index >= 15 is 0 Å². The highest BCUT2D eigenvalue weighted by Gasteiger charge is 2.18. The largest absolute Gasteiger partial charge is 0.338 e. The van der Waals surface area contributed by atoms with E-state index in [2.05, 4.69) is 34.4 Å². The molecule has 0 aromatic heterocycles. The number of hydrogen-bond donors (Lipinski definition) is 2. The molecular weight excluding hydrogens is 330 g/mol. The summed E-state index contributed by atoms with van der Waals surface area (Å²) < 4.78 is 0. The van der Waals surface area contributed by atoms with Gasteiger partial charge in [-0.25, -0.2) is 4.79 Å². The second-order valence-electron chi connectivity index (χ2n) is 6.99. The van der Waals surface area contributed by atoms with Gasteiger partial charge < -0.3 is 20.4 Å². The van der Waals surface area contributed by atoms with Gasteiger partial charge >= 0.3 is 6.03 Å². The molecule has 144 valence electrons. The van der Waals surface area contributed by atoms with Crippen molar-refractivity contribution in [2.75, 3.05) is 57.0 Å². The van der Waals surface area contributed by atoms with Crippen molar-refractivity contribution < 1.29 is 9.59 Å². The fourth-order valence-corrected chi connectivity index (χ4v) is 2.99. The van der Waals surface area contributed by atoms with Gasteiger partial charge in [0, 0.05) is 64.1 Å². The van der Waals surface area contributed by atoms with E-state index < -0.39 is 0 Å². The standard InChI is InChI=1S/C19H31N5O2/c1-15(24-12-10-22(3)11-13-24)8-9-20-19(26)21-17-6-5-7-18(14-17)23(4)16(2)25/h5-7,14-15H,8-13H2,1-4H3,(H2,20,21,26)/t15-/m0/s1. The molecule has 1 heterocycles. The van der Waals surface area contributed by atoms with Crippen molar-refractivity contribution >= 4 is 23.3 Å². The molecule has 1 aliphatic heterocycles. The van der Waals surface area contributed by atoms with Crippen LogP contribution < -0.4 is 15.5 Å². The zero-order chi connectivity index (χ0) is 19.1. The highest BCUT2D eigenvalue weighted by molar-refractivity contribution is 5.93. The van der Waals surface area contributed by atoms with Gasteiger partial charge in [-0.2, -0.15) is 0 Å². The van der Waals surface area contributed by atoms with E-state index in [4.69, 9.17) is 0 Å². The Balaban J connectivity index is 1.75. The summed E-state index contributed by atoms with van der Waals surface area (Å²) >= 11 is 0. The Morgan fingerprint density at radius 1 is 1.23 bits per heavy atom. The molecule has 0 spiro atoms. The Bertz CT molecular complexity index is 614. The van der Waals surface area contributed by atoms with Gasteiger partial charge in [-0.1, -0.05) is 6.07 Å². The monoisotopic (exact) mass is 361 g/mol. The molecule has 0 unspecified atom stereocenters. The van der Waals surface area contributed by atoms with Gasteiger partial charge in [0.05, 0.1) is 0 Å². The van der Waals surface area contributed by atoms with Crippen LogP contribution in [0.4, 0.5) is 16.2 Å². The summed E-state index contributed by atoms with van der Waals surface area (Å²) in [6.07, 6.45) is 0.921. The molecule has 1 fully saturated rings. The predicted octanol–water partition coefficient (Wildman–Crippen LogP) is 1.82. The molecule has 7 nitrogen and oxygen atoms in total. The Labute approximate surface area is 156 Å². The summed E-state index contributed by atoms with van der Waals surface area (Å²) in [5, 5.41) is 5.74. The second-order valence-corrected chi connectivity index (χ2v) is 6.99. The van der Waals surface area contributed by atoms with Gasteiger partial charge in [0.25, 0.3) is 0 Å². The number of benzene rings is 1. The van der Waals surface area contributed by atoms with Crippen molar-refractivity contribution in [2.45, 2.75) is 26.3 Å². The summed E-state index contributed by atoms with van der Waals surface area (Å²) in [4.78, 5) is 29.9. The number of carbonyl (C=O) groups excluding carboxylic acids is 2. The Morgan fingerprint density at radius 2 is 1.92 bits per heavy atom. The number of carbonyl (C=O) groups is 2. The van der Waals surface area contributed by atoms with Crippen LogP contribution in [0.15, 0.2) is 24.3 Å². The Morgan fingerprint density at radius 3 is 2.58 bits per heavy atom. The number of hydrogen-bond acceptors (Lipinski definition) is 4. The smallest absolute Gasteiger partial charge is 0.319 e. The first-order valence-corrected chi connectivity index (χ1v) is 9.18. The van der Waals surface area contributed by atoms with Crippen LogP contribution in [0.25, 0.3) is 0 Å². The summed E-state index contributed by atoms with van der Waals surface area (Å²) in [6, 6.07) is 7.48. The van der Waals surface area contributed by atoms with Crippen LogP contribution in [0.3, 0.4) is 0 Å². The number of nitrogens with zero attached hydrogens (tertiary/aromatic N) is 3. The lowest BCUT2D eigenvalue weighted by atomic mass is 10.1. The fourth-order valence-electron chi connectivity index (χ4n) is 2.99. The maximum atomic E-state index is 12.1. The summed E-state index contributed by atoms with van der Waals surface area (Å²) in [6.45, 7) is 8.72. The lowest BCUT2D eigenvalue weighted by Crippen LogP contribution is -2.48. The summed E-state index contributed by atoms with van der Waals surface area (Å²) in [7, 11) is 3.86. The van der Waals surface area contributed by atoms with Crippen LogP contribution in [-0.4, -0.2) is 74.6 Å². The molecular formula is C19H31N5O2. The molecule has 1 aromatic rings. The molecule has 1 atom stereocenters. The number of nitrogens with one attached hydrogen (secondary N) is 2. The minimum Gasteiger partial charge on any atom is -0.338 e. The highest BCUT2D eigenvalue weighted by Crippen LogP contribution is 2.18. The highest BCUT2D eigenvalue weighted by atomic mass is 16.2. The van der Waals surface area contributed by atoms with Crippen molar-refractivity contribution in [1.82, 2.24) is 15.1 Å². The number of likely N-dealkylation sites (N-methyl/N-ethyl adjacent to an activating group) is 1. The topological polar surface area (TPSA) is 67.9 Å². The quantitative estimate of drug-likeness (QED) is 0.811. The average Bonchev–Trinajstić information content (AvgIpc) is 2.61. The summed E-state index contributed by atoms with van der Waals surface area (Å²) in [5.74, 6) is -0.0514. The van der Waals surface area contributed by atoms with Crippen LogP contribution in [0.1, 0.15) is 20.3 Å². The van der Waals surface area contributed by atoms with Crippen LogP contribution in [0.5, 0.6) is 0 Å². The minimum absolute atomic E-state index is 0.0514. The van der Waals surface area contributed by atoms with E-state index in [1.54, 1.807) is 18.0 Å². The third-order valence-corrected chi connectivity index (χ3v) is 4.97. The van der Waals surface area contributed by atoms with Crippen LogP contribution in [-0.2, 0) is 4.79 Å². The Kier molecular flexibility index (Phi) is 7.41. The van der Waals surface area contributed by atoms with Crippen molar-refractivity contribution in [1.29, 1.82) is 0 Å². The van der Waals surface area contributed by atoms with Gasteiger partial charge in [0.2, 0.25) is 5.91 Å². The van der Waals surface area contributed by atoms with Crippen molar-refractivity contribution in [3.05, 3.63) is 24.3 Å². The first kappa shape index (κ1) is 20.2. The van der Waals surface area contributed by atoms with Gasteiger partial charge in [-0.15, -0.1) is 0 Å². The van der Waals surface area contributed by atoms with E-state index in [1.165, 1.54) is 6.92 Å². The zero-order valence-corrected chi connectivity index (χ0v) is 16.3. The van der Waals surface area contributed by atoms with E-state index in [0.29, 0.717) is 18.3 Å². The van der Waals surface area contributed by atoms with E-state index in [1.807, 2.05) is 18.2 Å². The average molecular weight is 361 g/mol. The molecule has 26 heavy (non-hydrogen) atoms. The summed E-state index contributed by atoms with van der Waals surface area (Å²) in [5.41, 5.74) is 1.42. The fraction of sp³-hybridized carbons (Fsp3) is 0.579. The van der Waals surface area contributed by atoms with Crippen molar-refractivity contribution in [3.8, 4) is 0 Å². The molecule has 3 amide bonds. The maximum absolute atomic E-state index is 12.1. The maximum Gasteiger partial charge on any atom is 0.319 e. The minimum atomic E-state index is -0.224. The Hall–Kier alpha value is -2.12. The number of anilines is 2. The van der Waals surface area contributed by atoms with E-state index in [-0.39, 0.29) is 11.9 Å². The van der Waals surface area contributed by atoms with E-state index in [0.717, 1.165) is 38.3 Å². The van der Waals surface area contributed by atoms with Crippen molar-refractivity contribution in [2.24, 2.45) is 0 Å². The van der Waals surface area contributed by atoms with Crippen LogP contribution in [0, 0.1) is 0 Å². The van der Waals surface area contributed by atoms with Crippen LogP contribution in [0.2, 0.25) is 0 Å². The molecule has 2 N–H and O–H groups in total. The van der Waals surface area contributed by atoms with Crippen molar-refractivity contribution in [3.63, 3.8) is 0 Å². The SMILES string of the molecule is CC(=O)N(C)c1cccc(NC(=O)NCC[C@H](C)N2CCN(C)CC2)c1. The molecule has 0 aliphatic carbocycles. The lowest BCUT2D eigenvalue weighted by Gasteiger charge is -2.36. The number of rotatable bonds is 6. The van der Waals surface area contributed by atoms with Gasteiger partial charge in [-0.05, 0) is 38.6 Å². The van der Waals surface area contributed by atoms with E-state index in [9.17, 15) is 9.59 Å². The van der Waals surface area contributed by atoms with Gasteiger partial charge in [0.15, 0.2) is 0 Å². The molecule has 2 rings (SSSR count). The molecule has 1 aromatic carbocycles. The molecule has 0 bridgehead atoms. The third-order valence-electron chi connectivity index (χ3n) is 4.97. The molecule has 1 aliphatic rings. The predicted molar refractivity (Wildman–Crippen MR) is 106 cm³/mol. The molecule has 7 heteroatoms. The molecule has 0 saturated carbocycles. The molecule has 1 saturated heterocycles. The molecule has 0 radical (unpaired) electrons. The second kappa shape index (κ2) is 9.54.